The highest BCUT2D eigenvalue weighted by molar-refractivity contribution is 7.80. The van der Waals surface area contributed by atoms with Crippen LogP contribution in [-0.4, -0.2) is 38.0 Å². The van der Waals surface area contributed by atoms with E-state index in [0.29, 0.717) is 54.1 Å². The summed E-state index contributed by atoms with van der Waals surface area (Å²) in [6.45, 7) is 6.85. The summed E-state index contributed by atoms with van der Waals surface area (Å²) in [6.07, 6.45) is 0. The van der Waals surface area contributed by atoms with Crippen molar-refractivity contribution in [2.24, 2.45) is 0 Å². The first-order chi connectivity index (χ1) is 14.5. The highest BCUT2D eigenvalue weighted by Crippen LogP contribution is 2.39. The second-order valence-electron chi connectivity index (χ2n) is 5.83. The van der Waals surface area contributed by atoms with Crippen LogP contribution in [0, 0.1) is 0 Å². The molecule has 0 heterocycles. The van der Waals surface area contributed by atoms with Gasteiger partial charge in [0.15, 0.2) is 16.6 Å². The Kier molecular flexibility index (Phi) is 9.02. The van der Waals surface area contributed by atoms with Crippen molar-refractivity contribution >= 4 is 28.9 Å². The molecule has 0 saturated heterocycles. The second-order valence-corrected chi connectivity index (χ2v) is 6.24. The minimum absolute atomic E-state index is 0.203. The molecule has 2 aromatic carbocycles. The number of rotatable bonds is 9. The number of anilines is 1. The maximum absolute atomic E-state index is 12.7. The maximum Gasteiger partial charge on any atom is 0.269 e. The van der Waals surface area contributed by atoms with Crippen LogP contribution in [0.25, 0.3) is 0 Å². The third-order valence-corrected chi connectivity index (χ3v) is 4.02. The predicted octanol–water partition coefficient (Wildman–Crippen LogP) is 3.52. The van der Waals surface area contributed by atoms with Gasteiger partial charge >= 0.3 is 0 Å². The fourth-order valence-corrected chi connectivity index (χ4v) is 2.77. The Morgan fingerprint density at radius 1 is 0.900 bits per heavy atom. The first-order valence-corrected chi connectivity index (χ1v) is 10.0. The number of para-hydroxylation sites is 2. The van der Waals surface area contributed by atoms with Crippen LogP contribution < -0.4 is 35.1 Å². The average Bonchev–Trinajstić information content (AvgIpc) is 2.74. The van der Waals surface area contributed by atoms with Gasteiger partial charge in [0.2, 0.25) is 5.75 Å². The number of benzene rings is 2. The van der Waals surface area contributed by atoms with E-state index in [4.69, 9.17) is 31.2 Å². The molecule has 2 rings (SSSR count). The molecule has 0 radical (unpaired) electrons. The summed E-state index contributed by atoms with van der Waals surface area (Å²) in [4.78, 5) is 12.7. The number of hydrazine groups is 1. The smallest absolute Gasteiger partial charge is 0.269 e. The van der Waals surface area contributed by atoms with E-state index >= 15 is 0 Å². The van der Waals surface area contributed by atoms with Crippen LogP contribution in [0.1, 0.15) is 31.1 Å². The van der Waals surface area contributed by atoms with Gasteiger partial charge in [0, 0.05) is 5.56 Å². The Labute approximate surface area is 181 Å². The Balaban J connectivity index is 2.12. The molecule has 0 fully saturated rings. The lowest BCUT2D eigenvalue weighted by Crippen LogP contribution is -2.43. The monoisotopic (exact) mass is 433 g/mol. The van der Waals surface area contributed by atoms with E-state index < -0.39 is 5.91 Å². The van der Waals surface area contributed by atoms with Crippen molar-refractivity contribution in [3.8, 4) is 23.0 Å². The summed E-state index contributed by atoms with van der Waals surface area (Å²) in [5.41, 5.74) is 6.24. The van der Waals surface area contributed by atoms with Gasteiger partial charge in [-0.3, -0.25) is 15.6 Å². The molecule has 30 heavy (non-hydrogen) atoms. The number of hydrogen-bond donors (Lipinski definition) is 3. The van der Waals surface area contributed by atoms with Gasteiger partial charge < -0.3 is 24.3 Å². The molecule has 8 nitrogen and oxygen atoms in total. The topological polar surface area (TPSA) is 90.1 Å². The SMILES string of the molecule is CCOc1cc(C(=O)NNC(=S)Nc2ccccc2OC)cc(OCC)c1OCC. The van der Waals surface area contributed by atoms with E-state index in [0.717, 1.165) is 0 Å². The van der Waals surface area contributed by atoms with Crippen molar-refractivity contribution in [1.82, 2.24) is 10.9 Å². The van der Waals surface area contributed by atoms with Crippen molar-refractivity contribution in [1.29, 1.82) is 0 Å². The molecule has 0 saturated carbocycles. The number of nitrogens with one attached hydrogen (secondary N) is 3. The molecule has 0 aliphatic carbocycles. The minimum Gasteiger partial charge on any atom is -0.495 e. The molecule has 0 aromatic heterocycles. The second kappa shape index (κ2) is 11.7. The zero-order valence-corrected chi connectivity index (χ0v) is 18.4. The molecule has 0 unspecified atom stereocenters. The minimum atomic E-state index is -0.413. The molecule has 0 spiro atoms. The number of methoxy groups -OCH3 is 1. The number of ether oxygens (including phenoxy) is 4. The largest absolute Gasteiger partial charge is 0.495 e. The van der Waals surface area contributed by atoms with Crippen LogP contribution in [0.3, 0.4) is 0 Å². The first kappa shape index (κ1) is 23.1. The molecule has 1 amide bonds. The standard InChI is InChI=1S/C21H27N3O5S/c1-5-27-17-12-14(13-18(28-6-2)19(17)29-7-3)20(25)23-24-21(30)22-15-10-8-9-11-16(15)26-4/h8-13H,5-7H2,1-4H3,(H,23,25)(H2,22,24,30). The van der Waals surface area contributed by atoms with Gasteiger partial charge in [0.25, 0.3) is 5.91 Å². The van der Waals surface area contributed by atoms with E-state index in [1.54, 1.807) is 25.3 Å². The van der Waals surface area contributed by atoms with Crippen LogP contribution in [-0.2, 0) is 0 Å². The van der Waals surface area contributed by atoms with E-state index in [-0.39, 0.29) is 5.11 Å². The molecule has 2 aromatic rings. The number of amides is 1. The Morgan fingerprint density at radius 2 is 1.50 bits per heavy atom. The Bertz CT molecular complexity index is 848. The molecule has 162 valence electrons. The summed E-state index contributed by atoms with van der Waals surface area (Å²) in [7, 11) is 1.57. The van der Waals surface area contributed by atoms with Crippen LogP contribution in [0.5, 0.6) is 23.0 Å². The molecule has 0 aliphatic heterocycles. The van der Waals surface area contributed by atoms with Gasteiger partial charge in [-0.25, -0.2) is 0 Å². The van der Waals surface area contributed by atoms with Crippen molar-refractivity contribution in [3.05, 3.63) is 42.0 Å². The summed E-state index contributed by atoms with van der Waals surface area (Å²) in [5.74, 6) is 1.56. The molecule has 0 aliphatic rings. The Hall–Kier alpha value is -3.20. The summed E-state index contributed by atoms with van der Waals surface area (Å²) in [6, 6.07) is 10.5. The fraction of sp³-hybridized carbons (Fsp3) is 0.333. The fourth-order valence-electron chi connectivity index (χ4n) is 2.61. The molecule has 0 bridgehead atoms. The lowest BCUT2D eigenvalue weighted by molar-refractivity contribution is 0.0943. The van der Waals surface area contributed by atoms with Crippen LogP contribution in [0.4, 0.5) is 5.69 Å². The van der Waals surface area contributed by atoms with Gasteiger partial charge in [-0.15, -0.1) is 0 Å². The zero-order valence-electron chi connectivity index (χ0n) is 17.5. The van der Waals surface area contributed by atoms with Crippen LogP contribution >= 0.6 is 12.2 Å². The van der Waals surface area contributed by atoms with Crippen molar-refractivity contribution in [2.75, 3.05) is 32.2 Å². The lowest BCUT2D eigenvalue weighted by Gasteiger charge is -2.17. The Morgan fingerprint density at radius 3 is 2.07 bits per heavy atom. The van der Waals surface area contributed by atoms with Gasteiger partial charge in [0.05, 0.1) is 32.6 Å². The third-order valence-electron chi connectivity index (χ3n) is 3.82. The average molecular weight is 434 g/mol. The van der Waals surface area contributed by atoms with Crippen molar-refractivity contribution in [2.45, 2.75) is 20.8 Å². The predicted molar refractivity (Wildman–Crippen MR) is 120 cm³/mol. The van der Waals surface area contributed by atoms with Gasteiger partial charge in [-0.2, -0.15) is 0 Å². The summed E-state index contributed by atoms with van der Waals surface area (Å²) < 4.78 is 22.2. The molecular weight excluding hydrogens is 406 g/mol. The number of carbonyl (C=O) groups is 1. The van der Waals surface area contributed by atoms with Crippen LogP contribution in [0.15, 0.2) is 36.4 Å². The van der Waals surface area contributed by atoms with E-state index in [2.05, 4.69) is 16.2 Å². The van der Waals surface area contributed by atoms with Crippen molar-refractivity contribution < 1.29 is 23.7 Å². The highest BCUT2D eigenvalue weighted by Gasteiger charge is 2.18. The van der Waals surface area contributed by atoms with E-state index in [9.17, 15) is 4.79 Å². The summed E-state index contributed by atoms with van der Waals surface area (Å²) >= 11 is 5.24. The summed E-state index contributed by atoms with van der Waals surface area (Å²) in [5, 5.41) is 3.17. The first-order valence-electron chi connectivity index (χ1n) is 9.60. The maximum atomic E-state index is 12.7. The lowest BCUT2D eigenvalue weighted by atomic mass is 10.1. The van der Waals surface area contributed by atoms with Gasteiger partial charge in [0.1, 0.15) is 5.75 Å². The molecule has 0 atom stereocenters. The molecule has 9 heteroatoms. The molecule has 3 N–H and O–H groups in total. The number of hydrogen-bond acceptors (Lipinski definition) is 6. The van der Waals surface area contributed by atoms with E-state index in [1.807, 2.05) is 39.0 Å². The molecular formula is C21H27N3O5S. The van der Waals surface area contributed by atoms with Gasteiger partial charge in [-0.1, -0.05) is 12.1 Å². The number of thiocarbonyl (C=S) groups is 1. The number of carbonyl (C=O) groups excluding carboxylic acids is 1. The van der Waals surface area contributed by atoms with Crippen molar-refractivity contribution in [3.63, 3.8) is 0 Å². The highest BCUT2D eigenvalue weighted by atomic mass is 32.1. The van der Waals surface area contributed by atoms with Crippen LogP contribution in [0.2, 0.25) is 0 Å². The van der Waals surface area contributed by atoms with Gasteiger partial charge in [-0.05, 0) is 57.3 Å². The quantitative estimate of drug-likeness (QED) is 0.409. The zero-order chi connectivity index (χ0) is 21.9. The van der Waals surface area contributed by atoms with E-state index in [1.165, 1.54) is 0 Å². The third kappa shape index (κ3) is 6.15. The normalized spacial score (nSPS) is 10.0.